The summed E-state index contributed by atoms with van der Waals surface area (Å²) in [5.74, 6) is 0. The molecule has 0 N–H and O–H groups in total. The van der Waals surface area contributed by atoms with Gasteiger partial charge in [-0.15, -0.1) is 0 Å². The second kappa shape index (κ2) is 143. The molecule has 0 aliphatic heterocycles. The average molecular weight is 2330 g/mol. The van der Waals surface area contributed by atoms with Crippen LogP contribution in [0.4, 0.5) is 0 Å². The van der Waals surface area contributed by atoms with Crippen molar-refractivity contribution in [2.75, 3.05) is 78.5 Å². The van der Waals surface area contributed by atoms with Gasteiger partial charge in [-0.25, -0.2) is 0 Å². The second-order valence-electron chi connectivity index (χ2n) is 43.2. The van der Waals surface area contributed by atoms with Crippen LogP contribution in [-0.4, -0.2) is 134 Å². The number of hydrogen-bond donors (Lipinski definition) is 0. The zero-order valence-corrected chi connectivity index (χ0v) is 111. The van der Waals surface area contributed by atoms with Gasteiger partial charge in [0.25, 0.3) is 0 Å². The fourth-order valence-corrected chi connectivity index (χ4v) is 21.2. The van der Waals surface area contributed by atoms with Gasteiger partial charge in [-0.3, -0.25) is 0 Å². The van der Waals surface area contributed by atoms with Gasteiger partial charge in [-0.1, -0.05) is 648 Å². The van der Waals surface area contributed by atoms with E-state index in [9.17, 15) is 0 Å². The van der Waals surface area contributed by atoms with Crippen molar-refractivity contribution in [1.29, 1.82) is 0 Å². The minimum Gasteiger partial charge on any atom is -0.411 e. The molecule has 0 saturated carbocycles. The van der Waals surface area contributed by atoms with E-state index in [4.69, 9.17) is 149 Å². The van der Waals surface area contributed by atoms with Crippen LogP contribution in [0, 0.1) is 0 Å². The first-order valence-corrected chi connectivity index (χ1v) is 69.0. The second-order valence-corrected chi connectivity index (χ2v) is 49.4. The summed E-state index contributed by atoms with van der Waals surface area (Å²) >= 11 is 63.1. The normalized spacial score (nSPS) is 10.8. The van der Waals surface area contributed by atoms with Crippen LogP contribution in [0.1, 0.15) is 699 Å². The summed E-state index contributed by atoms with van der Waals surface area (Å²) in [5, 5.41) is 0. The maximum Gasteiger partial charge on any atom is 6.00 e. The van der Waals surface area contributed by atoms with E-state index < -0.39 is 0 Å². The van der Waals surface area contributed by atoms with Gasteiger partial charge >= 0.3 is 21.1 Å². The van der Waals surface area contributed by atoms with Crippen molar-refractivity contribution in [3.63, 3.8) is 0 Å². The molecular weight excluding hydrogens is 2080 g/mol. The van der Waals surface area contributed by atoms with Crippen LogP contribution in [0.15, 0.2) is 0 Å². The molecule has 0 rings (SSSR count). The molecule has 0 aromatic rings. The minimum absolute atomic E-state index is 0. The van der Waals surface area contributed by atoms with Gasteiger partial charge in [0, 0.05) is 78.5 Å². The SMILES string of the molecule is CCCCCCCCCCN(CCCCCCCCCC)C(=S)[S-].CCCCCCCCCCN(CCCCCCCCCC)C(=S)[S-].CCCCCCCCCCN(CCCCCCCCCC)C(=S)[S-].CCCCCCCCCCN(CCCCCCCCCC)C(=S)[S-].CCCCCCCCCCN(CCCCCCCCCC)C(=S)[S-].CCCCCCCCCCN(CCCCCCCCCC)C(=S)[S-].[Mo+6]. The fraction of sp³-hybridized carbons (Fsp3) is 0.952. The molecular formula is C126H252MoN6S12. The predicted octanol–water partition coefficient (Wildman–Crippen LogP) is 44.4. The Labute approximate surface area is 993 Å². The number of thiocarbonyl (C=S) groups is 6. The van der Waals surface area contributed by atoms with Crippen LogP contribution in [0.5, 0.6) is 0 Å². The van der Waals surface area contributed by atoms with E-state index >= 15 is 0 Å². The summed E-state index contributed by atoms with van der Waals surface area (Å²) in [4.78, 5) is 13.6. The average Bonchev–Trinajstić information content (AvgIpc) is 0.991. The quantitative estimate of drug-likeness (QED) is 0.0249. The first-order chi connectivity index (χ1) is 70.3. The smallest absolute Gasteiger partial charge is 0.411 e. The third-order valence-corrected chi connectivity index (χ3v) is 32.0. The zero-order chi connectivity index (χ0) is 107. The van der Waals surface area contributed by atoms with Gasteiger partial charge in [-0.05, 0) is 77.0 Å². The number of nitrogens with zero attached hydrogens (tertiary/aromatic N) is 6. The van der Waals surface area contributed by atoms with Gasteiger partial charge in [0.1, 0.15) is 0 Å². The Morgan fingerprint density at radius 3 is 0.200 bits per heavy atom. The fourth-order valence-electron chi connectivity index (χ4n) is 19.0. The third kappa shape index (κ3) is 141. The molecule has 19 heteroatoms. The summed E-state index contributed by atoms with van der Waals surface area (Å²) in [6, 6.07) is 0. The summed E-state index contributed by atoms with van der Waals surface area (Å²) < 4.78 is 4.09. The van der Waals surface area contributed by atoms with Crippen LogP contribution in [0.3, 0.4) is 0 Å². The Bertz CT molecular complexity index is 1920. The molecule has 0 unspecified atom stereocenters. The molecule has 0 amide bonds. The standard InChI is InChI=1S/6C21H43NS2.Mo/c6*1-3-5-7-9-11-13-15-17-19-22(21(23)24)20-18-16-14-12-10-8-6-4-2;/h6*3-20H2,1-2H3,(H,23,24);/q;;;;;;+6/p-6. The third-order valence-electron chi connectivity index (χ3n) is 28.9. The largest absolute Gasteiger partial charge is 6.00 e. The van der Waals surface area contributed by atoms with Crippen LogP contribution in [0.2, 0.25) is 0 Å². The maximum absolute atomic E-state index is 5.25. The van der Waals surface area contributed by atoms with E-state index in [1.165, 1.54) is 616 Å². The number of unbranched alkanes of at least 4 members (excludes halogenated alkanes) is 84. The van der Waals surface area contributed by atoms with E-state index in [0.29, 0.717) is 25.9 Å². The molecule has 0 aliphatic carbocycles. The van der Waals surface area contributed by atoms with Crippen LogP contribution in [-0.2, 0) is 96.8 Å². The van der Waals surface area contributed by atoms with Crippen LogP contribution in [0.25, 0.3) is 0 Å². The van der Waals surface area contributed by atoms with Crippen molar-refractivity contribution in [1.82, 2.24) is 29.4 Å². The Morgan fingerprint density at radius 1 is 0.103 bits per heavy atom. The molecule has 6 nitrogen and oxygen atoms in total. The Morgan fingerprint density at radius 2 is 0.152 bits per heavy atom. The van der Waals surface area contributed by atoms with Crippen molar-refractivity contribution in [3.05, 3.63) is 0 Å². The summed E-state index contributed by atoms with van der Waals surface area (Å²) in [7, 11) is 0. The molecule has 0 atom stereocenters. The molecule has 0 aromatic carbocycles. The van der Waals surface area contributed by atoms with Gasteiger partial charge in [0.05, 0.1) is 0 Å². The molecule has 0 radical (unpaired) electrons. The minimum atomic E-state index is 0. The van der Waals surface area contributed by atoms with E-state index in [0.717, 1.165) is 78.5 Å². The van der Waals surface area contributed by atoms with Crippen molar-refractivity contribution < 1.29 is 21.1 Å². The Balaban J connectivity index is -0.000000315. The van der Waals surface area contributed by atoms with Crippen molar-refractivity contribution in [3.8, 4) is 0 Å². The van der Waals surface area contributed by atoms with Crippen LogP contribution < -0.4 is 0 Å². The topological polar surface area (TPSA) is 19.4 Å². The molecule has 145 heavy (non-hydrogen) atoms. The van der Waals surface area contributed by atoms with Gasteiger partial charge in [0.2, 0.25) is 0 Å². The van der Waals surface area contributed by atoms with Crippen LogP contribution >= 0.6 is 73.3 Å². The first-order valence-electron chi connectivity index (χ1n) is 64.1. The Hall–Kier alpha value is 1.35. The molecule has 864 valence electrons. The van der Waals surface area contributed by atoms with Crippen molar-refractivity contribution in [2.24, 2.45) is 0 Å². The molecule has 0 fully saturated rings. The van der Waals surface area contributed by atoms with E-state index in [1.807, 2.05) is 0 Å². The number of rotatable bonds is 108. The van der Waals surface area contributed by atoms with Gasteiger partial charge in [0.15, 0.2) is 0 Å². The predicted molar refractivity (Wildman–Crippen MR) is 701 cm³/mol. The monoisotopic (exact) mass is 2330 g/mol. The van der Waals surface area contributed by atoms with E-state index in [1.54, 1.807) is 0 Å². The van der Waals surface area contributed by atoms with E-state index in [-0.39, 0.29) is 21.1 Å². The summed E-state index contributed by atoms with van der Waals surface area (Å²) in [5.41, 5.74) is 0. The van der Waals surface area contributed by atoms with E-state index in [2.05, 4.69) is 112 Å². The summed E-state index contributed by atoms with van der Waals surface area (Å²) in [6.07, 6.45) is 131. The first kappa shape index (κ1) is 159. The zero-order valence-electron chi connectivity index (χ0n) is 99.4. The Kier molecular flexibility index (Phi) is 157. The molecule has 0 aromatic heterocycles. The maximum atomic E-state index is 5.25. The molecule has 0 saturated heterocycles. The number of hydrogen-bond acceptors (Lipinski definition) is 12. The molecule has 0 heterocycles. The molecule has 0 spiro atoms. The van der Waals surface area contributed by atoms with Gasteiger partial charge < -0.3 is 178 Å². The summed E-state index contributed by atoms with van der Waals surface area (Å²) in [6.45, 7) is 40.2. The van der Waals surface area contributed by atoms with Gasteiger partial charge in [-0.2, -0.15) is 0 Å². The van der Waals surface area contributed by atoms with Crippen molar-refractivity contribution in [2.45, 2.75) is 699 Å². The van der Waals surface area contributed by atoms with Crippen molar-refractivity contribution >= 4 is 175 Å². The molecule has 0 aliphatic rings. The molecule has 0 bridgehead atoms.